The highest BCUT2D eigenvalue weighted by Gasteiger charge is 2.33. The Hall–Kier alpha value is -4.26. The van der Waals surface area contributed by atoms with Crippen molar-refractivity contribution in [3.63, 3.8) is 0 Å². The molecule has 0 N–H and O–H groups in total. The van der Waals surface area contributed by atoms with Crippen molar-refractivity contribution in [3.05, 3.63) is 119 Å². The molecule has 0 aliphatic carbocycles. The molecule has 2 aromatic carbocycles. The second-order valence-corrected chi connectivity index (χ2v) is 10.4. The molecule has 1 atom stereocenters. The van der Waals surface area contributed by atoms with Crippen molar-refractivity contribution in [1.82, 2.24) is 4.57 Å². The van der Waals surface area contributed by atoms with Gasteiger partial charge in [0.2, 0.25) is 0 Å². The number of carbonyl (C=O) groups is 1. The van der Waals surface area contributed by atoms with Gasteiger partial charge in [0.05, 0.1) is 34.0 Å². The van der Waals surface area contributed by atoms with Crippen LogP contribution in [0.1, 0.15) is 41.5 Å². The Labute approximate surface area is 226 Å². The van der Waals surface area contributed by atoms with Crippen molar-refractivity contribution in [2.75, 3.05) is 6.61 Å². The number of fused-ring (bicyclic) bond motifs is 1. The molecular formula is C29H23N3O4S2. The first-order chi connectivity index (χ1) is 18.5. The van der Waals surface area contributed by atoms with E-state index in [1.54, 1.807) is 30.6 Å². The summed E-state index contributed by atoms with van der Waals surface area (Å²) in [5.41, 5.74) is 2.85. The maximum absolute atomic E-state index is 13.7. The van der Waals surface area contributed by atoms with E-state index in [-0.39, 0.29) is 18.8 Å². The second-order valence-electron chi connectivity index (χ2n) is 8.45. The fourth-order valence-corrected chi connectivity index (χ4v) is 6.14. The van der Waals surface area contributed by atoms with Gasteiger partial charge in [-0.15, -0.1) is 11.3 Å². The Morgan fingerprint density at radius 1 is 1.18 bits per heavy atom. The lowest BCUT2D eigenvalue weighted by Gasteiger charge is -2.23. The van der Waals surface area contributed by atoms with E-state index >= 15 is 0 Å². The lowest BCUT2D eigenvalue weighted by molar-refractivity contribution is -0.139. The highest BCUT2D eigenvalue weighted by atomic mass is 32.1. The molecule has 3 heterocycles. The summed E-state index contributed by atoms with van der Waals surface area (Å²) in [4.78, 5) is 32.6. The van der Waals surface area contributed by atoms with E-state index in [0.717, 1.165) is 16.0 Å². The van der Waals surface area contributed by atoms with Gasteiger partial charge in [-0.3, -0.25) is 9.36 Å². The number of esters is 1. The molecule has 0 radical (unpaired) electrons. The quantitative estimate of drug-likeness (QED) is 0.325. The molecule has 0 bridgehead atoms. The van der Waals surface area contributed by atoms with E-state index < -0.39 is 12.0 Å². The average Bonchev–Trinajstić information content (AvgIpc) is 3.56. The molecule has 1 aliphatic heterocycles. The smallest absolute Gasteiger partial charge is 0.338 e. The molecule has 0 saturated heterocycles. The molecule has 0 unspecified atom stereocenters. The molecule has 0 amide bonds. The first-order valence-electron chi connectivity index (χ1n) is 11.9. The number of aromatic nitrogens is 1. The molecule has 7 nitrogen and oxygen atoms in total. The Morgan fingerprint density at radius 2 is 2.03 bits per heavy atom. The second kappa shape index (κ2) is 11.0. The van der Waals surface area contributed by atoms with Crippen LogP contribution in [0.25, 0.3) is 6.08 Å². The number of thiazole rings is 1. The van der Waals surface area contributed by atoms with Gasteiger partial charge in [-0.05, 0) is 55.1 Å². The highest BCUT2D eigenvalue weighted by molar-refractivity contribution is 7.10. The monoisotopic (exact) mass is 541 g/mol. The minimum absolute atomic E-state index is 0.226. The summed E-state index contributed by atoms with van der Waals surface area (Å²) in [5, 5.41) is 11.2. The molecule has 190 valence electrons. The van der Waals surface area contributed by atoms with E-state index in [9.17, 15) is 14.9 Å². The Balaban J connectivity index is 1.51. The van der Waals surface area contributed by atoms with Gasteiger partial charge >= 0.3 is 5.97 Å². The van der Waals surface area contributed by atoms with E-state index in [1.807, 2.05) is 60.0 Å². The maximum atomic E-state index is 13.7. The van der Waals surface area contributed by atoms with E-state index in [1.165, 1.54) is 22.7 Å². The first-order valence-corrected chi connectivity index (χ1v) is 13.6. The summed E-state index contributed by atoms with van der Waals surface area (Å²) < 4.78 is 13.3. The molecule has 38 heavy (non-hydrogen) atoms. The zero-order chi connectivity index (χ0) is 26.6. The molecule has 1 aliphatic rings. The van der Waals surface area contributed by atoms with Crippen molar-refractivity contribution in [3.8, 4) is 11.8 Å². The Morgan fingerprint density at radius 3 is 2.79 bits per heavy atom. The summed E-state index contributed by atoms with van der Waals surface area (Å²) in [6, 6.07) is 20.1. The minimum Gasteiger partial charge on any atom is -0.489 e. The molecule has 0 saturated carbocycles. The van der Waals surface area contributed by atoms with Crippen LogP contribution in [0.3, 0.4) is 0 Å². The third-order valence-electron chi connectivity index (χ3n) is 6.02. The van der Waals surface area contributed by atoms with Crippen molar-refractivity contribution >= 4 is 34.7 Å². The van der Waals surface area contributed by atoms with E-state index in [2.05, 4.69) is 11.1 Å². The van der Waals surface area contributed by atoms with Crippen molar-refractivity contribution in [1.29, 1.82) is 5.26 Å². The zero-order valence-electron chi connectivity index (χ0n) is 20.7. The summed E-state index contributed by atoms with van der Waals surface area (Å²) >= 11 is 2.76. The Bertz CT molecular complexity index is 1760. The van der Waals surface area contributed by atoms with Crippen LogP contribution in [0.5, 0.6) is 5.75 Å². The lowest BCUT2D eigenvalue weighted by atomic mass is 10.0. The Kier molecular flexibility index (Phi) is 7.36. The zero-order valence-corrected chi connectivity index (χ0v) is 22.3. The number of ether oxygens (including phenoxy) is 2. The van der Waals surface area contributed by atoms with Crippen molar-refractivity contribution < 1.29 is 14.3 Å². The summed E-state index contributed by atoms with van der Waals surface area (Å²) in [7, 11) is 0. The fraction of sp³-hybridized carbons (Fsp3) is 0.172. The van der Waals surface area contributed by atoms with Gasteiger partial charge in [0.1, 0.15) is 18.4 Å². The number of nitriles is 1. The standard InChI is InChI=1S/C29H23N3O4S2/c1-3-35-28(34)25-18(2)31-29-32(26(25)23-12-7-13-37-23)27(33)24(38-29)15-19-8-6-11-22(14-19)36-17-21-10-5-4-9-20(21)16-30/h4-15,26H,3,17H2,1-2H3/b24-15-/t26-/m1/s1. The van der Waals surface area contributed by atoms with Crippen LogP contribution in [0, 0.1) is 11.3 Å². The molecule has 5 rings (SSSR count). The lowest BCUT2D eigenvalue weighted by Crippen LogP contribution is -2.39. The molecule has 4 aromatic rings. The van der Waals surface area contributed by atoms with Crippen molar-refractivity contribution in [2.24, 2.45) is 4.99 Å². The van der Waals surface area contributed by atoms with Crippen LogP contribution >= 0.6 is 22.7 Å². The number of hydrogen-bond donors (Lipinski definition) is 0. The summed E-state index contributed by atoms with van der Waals surface area (Å²) in [6.45, 7) is 4.02. The van der Waals surface area contributed by atoms with Gasteiger partial charge in [0, 0.05) is 10.4 Å². The van der Waals surface area contributed by atoms with Crippen LogP contribution in [0.4, 0.5) is 0 Å². The third kappa shape index (κ3) is 4.96. The number of allylic oxidation sites excluding steroid dienone is 1. The largest absolute Gasteiger partial charge is 0.489 e. The molecule has 0 spiro atoms. The normalized spacial score (nSPS) is 15.0. The van der Waals surface area contributed by atoms with Gasteiger partial charge in [-0.2, -0.15) is 5.26 Å². The maximum Gasteiger partial charge on any atom is 0.338 e. The van der Waals surface area contributed by atoms with Crippen LogP contribution in [0.2, 0.25) is 0 Å². The first kappa shape index (κ1) is 25.4. The summed E-state index contributed by atoms with van der Waals surface area (Å²) in [6.07, 6.45) is 1.80. The number of thiophene rings is 1. The SMILES string of the molecule is CCOC(=O)C1=C(C)N=c2s/c(=C\c3cccc(OCc4ccccc4C#N)c3)c(=O)n2[C@@H]1c1cccs1. The van der Waals surface area contributed by atoms with Crippen molar-refractivity contribution in [2.45, 2.75) is 26.5 Å². The number of nitrogens with zero attached hydrogens (tertiary/aromatic N) is 3. The molecular weight excluding hydrogens is 518 g/mol. The van der Waals surface area contributed by atoms with E-state index in [0.29, 0.717) is 31.9 Å². The van der Waals surface area contributed by atoms with Gasteiger partial charge in [0.15, 0.2) is 4.80 Å². The fourth-order valence-electron chi connectivity index (χ4n) is 4.27. The number of benzene rings is 2. The number of carbonyl (C=O) groups excluding carboxylic acids is 1. The molecule has 9 heteroatoms. The van der Waals surface area contributed by atoms with Gasteiger partial charge in [0.25, 0.3) is 5.56 Å². The van der Waals surface area contributed by atoms with Gasteiger partial charge in [-0.1, -0.05) is 47.7 Å². The van der Waals surface area contributed by atoms with E-state index in [4.69, 9.17) is 9.47 Å². The topological polar surface area (TPSA) is 93.7 Å². The average molecular weight is 542 g/mol. The molecule has 2 aromatic heterocycles. The number of rotatable bonds is 7. The summed E-state index contributed by atoms with van der Waals surface area (Å²) in [5.74, 6) is 0.153. The van der Waals surface area contributed by atoms with Gasteiger partial charge < -0.3 is 9.47 Å². The van der Waals surface area contributed by atoms with Crippen LogP contribution in [0.15, 0.2) is 87.1 Å². The van der Waals surface area contributed by atoms with Gasteiger partial charge in [-0.25, -0.2) is 9.79 Å². The predicted octanol–water partition coefficient (Wildman–Crippen LogP) is 4.31. The third-order valence-corrected chi connectivity index (χ3v) is 7.93. The molecule has 0 fully saturated rings. The number of hydrogen-bond acceptors (Lipinski definition) is 8. The highest BCUT2D eigenvalue weighted by Crippen LogP contribution is 2.33. The van der Waals surface area contributed by atoms with Crippen LogP contribution < -0.4 is 19.6 Å². The predicted molar refractivity (Wildman–Crippen MR) is 147 cm³/mol. The van der Waals surface area contributed by atoms with Crippen LogP contribution in [-0.2, 0) is 16.1 Å². The van der Waals surface area contributed by atoms with Crippen LogP contribution in [-0.4, -0.2) is 17.1 Å². The minimum atomic E-state index is -0.595.